The summed E-state index contributed by atoms with van der Waals surface area (Å²) in [6.07, 6.45) is -3.37. The van der Waals surface area contributed by atoms with Crippen LogP contribution in [0.2, 0.25) is 0 Å². The Morgan fingerprint density at radius 3 is 2.65 bits per heavy atom. The van der Waals surface area contributed by atoms with Crippen molar-refractivity contribution >= 4 is 5.69 Å². The number of aromatic hydroxyl groups is 1. The Bertz CT molecular complexity index is 837. The highest BCUT2D eigenvalue weighted by molar-refractivity contribution is 5.58. The van der Waals surface area contributed by atoms with Crippen molar-refractivity contribution in [3.05, 3.63) is 58.9 Å². The minimum absolute atomic E-state index is 0.122. The predicted molar refractivity (Wildman–Crippen MR) is 87.3 cm³/mol. The van der Waals surface area contributed by atoms with Crippen LogP contribution in [0.25, 0.3) is 0 Å². The molecule has 0 saturated carbocycles. The third kappa shape index (κ3) is 2.90. The van der Waals surface area contributed by atoms with Crippen LogP contribution in [0, 0.1) is 11.7 Å². The van der Waals surface area contributed by atoms with E-state index < -0.39 is 29.4 Å². The Hall–Kier alpha value is -2.28. The summed E-state index contributed by atoms with van der Waals surface area (Å²) in [5.41, 5.74) is 0.964. The van der Waals surface area contributed by atoms with Gasteiger partial charge in [-0.3, -0.25) is 0 Å². The van der Waals surface area contributed by atoms with Crippen molar-refractivity contribution in [3.8, 4) is 5.75 Å². The molecule has 26 heavy (non-hydrogen) atoms. The van der Waals surface area contributed by atoms with Gasteiger partial charge < -0.3 is 15.2 Å². The lowest BCUT2D eigenvalue weighted by Crippen LogP contribution is -2.36. The zero-order valence-corrected chi connectivity index (χ0v) is 13.7. The van der Waals surface area contributed by atoms with E-state index in [0.29, 0.717) is 23.4 Å². The van der Waals surface area contributed by atoms with E-state index >= 15 is 0 Å². The molecule has 0 spiro atoms. The third-order valence-corrected chi connectivity index (χ3v) is 5.12. The summed E-state index contributed by atoms with van der Waals surface area (Å²) in [4.78, 5) is 0. The van der Waals surface area contributed by atoms with Crippen molar-refractivity contribution in [1.29, 1.82) is 0 Å². The van der Waals surface area contributed by atoms with Crippen LogP contribution in [0.5, 0.6) is 5.75 Å². The standard InChI is InChI=1S/C19H17F4NO2/c20-14-8-10(3-6-16(14)25)17-12-2-1-7-26-18(12)13-9-11(19(21,22)23)4-5-15(13)24-17/h3-6,8-9,12,17-18,24-25H,1-2,7H2/t12?,17-,18?/m0/s1. The summed E-state index contributed by atoms with van der Waals surface area (Å²) in [6, 6.07) is 7.43. The van der Waals surface area contributed by atoms with Crippen LogP contribution in [-0.4, -0.2) is 11.7 Å². The minimum Gasteiger partial charge on any atom is -0.505 e. The Kier molecular flexibility index (Phi) is 4.06. The normalized spacial score (nSPS) is 25.2. The topological polar surface area (TPSA) is 41.5 Å². The second kappa shape index (κ2) is 6.16. The second-order valence-corrected chi connectivity index (χ2v) is 6.73. The number of hydrogen-bond donors (Lipinski definition) is 2. The van der Waals surface area contributed by atoms with Gasteiger partial charge >= 0.3 is 6.18 Å². The number of anilines is 1. The molecule has 2 heterocycles. The average molecular weight is 367 g/mol. The monoisotopic (exact) mass is 367 g/mol. The molecule has 0 radical (unpaired) electrons. The molecule has 7 heteroatoms. The fraction of sp³-hybridized carbons (Fsp3) is 0.368. The number of nitrogens with one attached hydrogen (secondary N) is 1. The van der Waals surface area contributed by atoms with E-state index in [9.17, 15) is 22.7 Å². The van der Waals surface area contributed by atoms with Crippen LogP contribution in [0.1, 0.15) is 41.7 Å². The maximum Gasteiger partial charge on any atom is 0.416 e. The first-order chi connectivity index (χ1) is 12.3. The number of fused-ring (bicyclic) bond motifs is 3. The molecule has 2 N–H and O–H groups in total. The molecule has 3 nitrogen and oxygen atoms in total. The van der Waals surface area contributed by atoms with Crippen LogP contribution < -0.4 is 5.32 Å². The van der Waals surface area contributed by atoms with E-state index in [0.717, 1.165) is 25.0 Å². The molecule has 2 aromatic rings. The SMILES string of the molecule is Oc1ccc([C@@H]2Nc3ccc(C(F)(F)F)cc3C3OCCCC32)cc1F. The summed E-state index contributed by atoms with van der Waals surface area (Å²) < 4.78 is 58.9. The predicted octanol–water partition coefficient (Wildman–Crippen LogP) is 5.18. The molecule has 1 saturated heterocycles. The number of halogens is 4. The number of alkyl halides is 3. The molecule has 2 aromatic carbocycles. The lowest BCUT2D eigenvalue weighted by molar-refractivity contribution is -0.137. The van der Waals surface area contributed by atoms with Crippen molar-refractivity contribution in [2.75, 3.05) is 11.9 Å². The van der Waals surface area contributed by atoms with Crippen molar-refractivity contribution in [2.45, 2.75) is 31.2 Å². The van der Waals surface area contributed by atoms with Gasteiger partial charge in [-0.2, -0.15) is 13.2 Å². The van der Waals surface area contributed by atoms with Gasteiger partial charge in [-0.25, -0.2) is 4.39 Å². The van der Waals surface area contributed by atoms with E-state index in [1.807, 2.05) is 0 Å². The molecule has 0 aromatic heterocycles. The van der Waals surface area contributed by atoms with Gasteiger partial charge in [0.25, 0.3) is 0 Å². The average Bonchev–Trinajstić information content (AvgIpc) is 2.62. The molecule has 138 valence electrons. The summed E-state index contributed by atoms with van der Waals surface area (Å²) in [6.45, 7) is 0.480. The van der Waals surface area contributed by atoms with Crippen molar-refractivity contribution in [2.24, 2.45) is 5.92 Å². The summed E-state index contributed by atoms with van der Waals surface area (Å²) in [5.74, 6) is -1.28. The van der Waals surface area contributed by atoms with E-state index in [1.165, 1.54) is 18.2 Å². The fourth-order valence-corrected chi connectivity index (χ4v) is 3.89. The van der Waals surface area contributed by atoms with E-state index in [4.69, 9.17) is 4.74 Å². The molecule has 4 rings (SSSR count). The summed E-state index contributed by atoms with van der Waals surface area (Å²) in [5, 5.41) is 12.7. The summed E-state index contributed by atoms with van der Waals surface area (Å²) >= 11 is 0. The van der Waals surface area contributed by atoms with Gasteiger partial charge in [0.05, 0.1) is 17.7 Å². The van der Waals surface area contributed by atoms with Crippen molar-refractivity contribution in [3.63, 3.8) is 0 Å². The lowest BCUT2D eigenvalue weighted by Gasteiger charge is -2.43. The molecule has 3 atom stereocenters. The number of phenolic OH excluding ortho intramolecular Hbond substituents is 1. The maximum absolute atomic E-state index is 13.8. The number of benzene rings is 2. The molecule has 0 amide bonds. The van der Waals surface area contributed by atoms with Crippen molar-refractivity contribution in [1.82, 2.24) is 0 Å². The van der Waals surface area contributed by atoms with Gasteiger partial charge in [0.15, 0.2) is 11.6 Å². The van der Waals surface area contributed by atoms with E-state index in [1.54, 1.807) is 6.07 Å². The van der Waals surface area contributed by atoms with E-state index in [2.05, 4.69) is 5.32 Å². The van der Waals surface area contributed by atoms with Crippen molar-refractivity contribution < 1.29 is 27.4 Å². The molecule has 0 bridgehead atoms. The van der Waals surface area contributed by atoms with Gasteiger partial charge in [-0.15, -0.1) is 0 Å². The second-order valence-electron chi connectivity index (χ2n) is 6.73. The van der Waals surface area contributed by atoms with Gasteiger partial charge in [-0.05, 0) is 48.7 Å². The maximum atomic E-state index is 13.8. The Morgan fingerprint density at radius 1 is 1.12 bits per heavy atom. The quantitative estimate of drug-likeness (QED) is 0.682. The lowest BCUT2D eigenvalue weighted by atomic mass is 9.77. The molecular weight excluding hydrogens is 350 g/mol. The molecule has 2 aliphatic heterocycles. The Balaban J connectivity index is 1.77. The fourth-order valence-electron chi connectivity index (χ4n) is 3.89. The highest BCUT2D eigenvalue weighted by Crippen LogP contribution is 2.50. The highest BCUT2D eigenvalue weighted by Gasteiger charge is 2.41. The number of phenols is 1. The van der Waals surface area contributed by atoms with Crippen LogP contribution in [0.15, 0.2) is 36.4 Å². The van der Waals surface area contributed by atoms with E-state index in [-0.39, 0.29) is 12.0 Å². The smallest absolute Gasteiger partial charge is 0.416 e. The zero-order valence-electron chi connectivity index (χ0n) is 13.7. The third-order valence-electron chi connectivity index (χ3n) is 5.12. The molecule has 1 fully saturated rings. The molecule has 0 aliphatic carbocycles. The first-order valence-electron chi connectivity index (χ1n) is 8.42. The van der Waals surface area contributed by atoms with Crippen LogP contribution in [0.3, 0.4) is 0 Å². The van der Waals surface area contributed by atoms with Gasteiger partial charge in [0.1, 0.15) is 0 Å². The number of rotatable bonds is 1. The number of ether oxygens (including phenoxy) is 1. The van der Waals surface area contributed by atoms with Gasteiger partial charge in [0, 0.05) is 23.8 Å². The zero-order chi connectivity index (χ0) is 18.5. The first-order valence-corrected chi connectivity index (χ1v) is 8.42. The highest BCUT2D eigenvalue weighted by atomic mass is 19.4. The molecular formula is C19H17F4NO2. The largest absolute Gasteiger partial charge is 0.505 e. The Labute approximate surface area is 147 Å². The van der Waals surface area contributed by atoms with Crippen LogP contribution in [-0.2, 0) is 10.9 Å². The van der Waals surface area contributed by atoms with Gasteiger partial charge in [-0.1, -0.05) is 6.07 Å². The van der Waals surface area contributed by atoms with Crippen LogP contribution in [0.4, 0.5) is 23.2 Å². The molecule has 2 aliphatic rings. The Morgan fingerprint density at radius 2 is 1.92 bits per heavy atom. The molecule has 2 unspecified atom stereocenters. The minimum atomic E-state index is -4.42. The number of hydrogen-bond acceptors (Lipinski definition) is 3. The van der Waals surface area contributed by atoms with Crippen LogP contribution >= 0.6 is 0 Å². The van der Waals surface area contributed by atoms with Gasteiger partial charge in [0.2, 0.25) is 0 Å². The first kappa shape index (κ1) is 17.1. The summed E-state index contributed by atoms with van der Waals surface area (Å²) in [7, 11) is 0.